The average Bonchev–Trinajstić information content (AvgIpc) is 2.66. The van der Waals surface area contributed by atoms with Gasteiger partial charge in [-0.3, -0.25) is 15.0 Å². The van der Waals surface area contributed by atoms with Crippen molar-refractivity contribution in [2.24, 2.45) is 0 Å². The Balaban J connectivity index is 1.73. The molecule has 0 radical (unpaired) electrons. The van der Waals surface area contributed by atoms with Crippen molar-refractivity contribution >= 4 is 29.1 Å². The van der Waals surface area contributed by atoms with Gasteiger partial charge in [-0.2, -0.15) is 0 Å². The van der Waals surface area contributed by atoms with Gasteiger partial charge in [0, 0.05) is 10.7 Å². The van der Waals surface area contributed by atoms with Gasteiger partial charge in [-0.1, -0.05) is 36.2 Å². The molecule has 1 aliphatic heterocycles. The van der Waals surface area contributed by atoms with Gasteiger partial charge in [0.25, 0.3) is 11.8 Å². The van der Waals surface area contributed by atoms with Crippen molar-refractivity contribution < 1.29 is 14.3 Å². The van der Waals surface area contributed by atoms with E-state index in [1.807, 2.05) is 26.0 Å². The summed E-state index contributed by atoms with van der Waals surface area (Å²) in [6.07, 6.45) is -0.512. The molecule has 1 heterocycles. The van der Waals surface area contributed by atoms with E-state index in [1.54, 1.807) is 37.3 Å². The van der Waals surface area contributed by atoms with E-state index in [4.69, 9.17) is 16.3 Å². The molecule has 0 fully saturated rings. The molecule has 2 atom stereocenters. The summed E-state index contributed by atoms with van der Waals surface area (Å²) in [7, 11) is 0. The number of fused-ring (bicyclic) bond motifs is 1. The number of carbonyl (C=O) groups is 2. The van der Waals surface area contributed by atoms with E-state index in [9.17, 15) is 9.59 Å². The minimum absolute atomic E-state index is 0.311. The number of halogens is 1. The third-order valence-corrected chi connectivity index (χ3v) is 4.62. The predicted molar refractivity (Wildman–Crippen MR) is 105 cm³/mol. The van der Waals surface area contributed by atoms with Crippen molar-refractivity contribution in [1.29, 1.82) is 0 Å². The monoisotopic (exact) mass is 387 g/mol. The number of aryl methyl sites for hydroxylation is 1. The van der Waals surface area contributed by atoms with E-state index >= 15 is 0 Å². The number of nitrogens with zero attached hydrogens (tertiary/aromatic N) is 1. The van der Waals surface area contributed by atoms with E-state index in [0.717, 1.165) is 5.56 Å². The van der Waals surface area contributed by atoms with Crippen molar-refractivity contribution in [2.45, 2.75) is 39.5 Å². The smallest absolute Gasteiger partial charge is 0.279 e. The summed E-state index contributed by atoms with van der Waals surface area (Å²) in [5, 5.41) is 5.01. The lowest BCUT2D eigenvalue weighted by Gasteiger charge is -2.37. The van der Waals surface area contributed by atoms with Crippen LogP contribution in [0.25, 0.3) is 0 Å². The number of ether oxygens (including phenoxy) is 1. The molecule has 0 aromatic heterocycles. The summed E-state index contributed by atoms with van der Waals surface area (Å²) in [5.74, 6) is -0.126. The van der Waals surface area contributed by atoms with Crippen molar-refractivity contribution in [2.75, 3.05) is 5.32 Å². The zero-order chi connectivity index (χ0) is 19.6. The molecule has 2 aromatic rings. The molecule has 7 heteroatoms. The number of hydrazine groups is 1. The summed E-state index contributed by atoms with van der Waals surface area (Å²) < 4.78 is 5.67. The number of hydrogen-bond donors (Lipinski definition) is 2. The lowest BCUT2D eigenvalue weighted by atomic mass is 10.1. The molecular formula is C20H22ClN3O3. The molecule has 0 bridgehead atoms. The second-order valence-corrected chi connectivity index (χ2v) is 6.92. The van der Waals surface area contributed by atoms with Crippen molar-refractivity contribution in [3.8, 4) is 5.75 Å². The first-order valence-corrected chi connectivity index (χ1v) is 9.20. The first-order valence-electron chi connectivity index (χ1n) is 8.82. The second-order valence-electron chi connectivity index (χ2n) is 6.48. The Hall–Kier alpha value is -2.73. The highest BCUT2D eigenvalue weighted by molar-refractivity contribution is 6.31. The van der Waals surface area contributed by atoms with E-state index in [1.165, 1.54) is 5.01 Å². The molecule has 0 spiro atoms. The SMILES string of the molecule is CCC1Nc2ccc(Cl)cc2C(=O)N1NC(=O)C(C)Oc1ccc(C)cc1. The number of hydrogen-bond acceptors (Lipinski definition) is 4. The molecule has 2 unspecified atom stereocenters. The molecule has 0 saturated carbocycles. The van der Waals surface area contributed by atoms with Crippen LogP contribution in [-0.2, 0) is 4.79 Å². The highest BCUT2D eigenvalue weighted by Gasteiger charge is 2.33. The van der Waals surface area contributed by atoms with Gasteiger partial charge >= 0.3 is 0 Å². The lowest BCUT2D eigenvalue weighted by molar-refractivity contribution is -0.132. The molecule has 142 valence electrons. The fourth-order valence-electron chi connectivity index (χ4n) is 2.83. The molecule has 0 saturated heterocycles. The lowest BCUT2D eigenvalue weighted by Crippen LogP contribution is -2.59. The van der Waals surface area contributed by atoms with Crippen LogP contribution >= 0.6 is 11.6 Å². The molecule has 27 heavy (non-hydrogen) atoms. The topological polar surface area (TPSA) is 70.7 Å². The Morgan fingerprint density at radius 3 is 2.67 bits per heavy atom. The van der Waals surface area contributed by atoms with Crippen LogP contribution in [0.3, 0.4) is 0 Å². The summed E-state index contributed by atoms with van der Waals surface area (Å²) in [6.45, 7) is 5.55. The van der Waals surface area contributed by atoms with Gasteiger partial charge in [0.05, 0.1) is 5.56 Å². The van der Waals surface area contributed by atoms with Crippen LogP contribution in [0.2, 0.25) is 5.02 Å². The van der Waals surface area contributed by atoms with Crippen molar-refractivity contribution in [3.63, 3.8) is 0 Å². The maximum Gasteiger partial charge on any atom is 0.279 e. The van der Waals surface area contributed by atoms with Gasteiger partial charge in [-0.25, -0.2) is 5.01 Å². The maximum absolute atomic E-state index is 12.9. The number of nitrogens with one attached hydrogen (secondary N) is 2. The van der Waals surface area contributed by atoms with E-state index in [2.05, 4.69) is 10.7 Å². The number of rotatable bonds is 5. The van der Waals surface area contributed by atoms with Gasteiger partial charge in [0.15, 0.2) is 6.10 Å². The van der Waals surface area contributed by atoms with Crippen LogP contribution in [0.15, 0.2) is 42.5 Å². The van der Waals surface area contributed by atoms with Crippen LogP contribution < -0.4 is 15.5 Å². The standard InChI is InChI=1S/C20H22ClN3O3/c1-4-18-22-17-10-7-14(21)11-16(17)20(26)24(18)23-19(25)13(3)27-15-8-5-12(2)6-9-15/h5-11,13,18,22H,4H2,1-3H3,(H,23,25). The Morgan fingerprint density at radius 2 is 2.00 bits per heavy atom. The molecular weight excluding hydrogens is 366 g/mol. The van der Waals surface area contributed by atoms with Gasteiger partial charge in [0.1, 0.15) is 11.9 Å². The van der Waals surface area contributed by atoms with E-state index in [0.29, 0.717) is 28.4 Å². The van der Waals surface area contributed by atoms with Crippen LogP contribution in [0.1, 0.15) is 36.2 Å². The fourth-order valence-corrected chi connectivity index (χ4v) is 3.00. The highest BCUT2D eigenvalue weighted by Crippen LogP contribution is 2.28. The van der Waals surface area contributed by atoms with Crippen LogP contribution in [-0.4, -0.2) is 29.1 Å². The Kier molecular flexibility index (Phi) is 5.56. The summed E-state index contributed by atoms with van der Waals surface area (Å²) in [5.41, 5.74) is 4.90. The molecule has 1 aliphatic rings. The second kappa shape index (κ2) is 7.88. The molecule has 6 nitrogen and oxygen atoms in total. The molecule has 2 N–H and O–H groups in total. The van der Waals surface area contributed by atoms with Crippen molar-refractivity contribution in [1.82, 2.24) is 10.4 Å². The number of carbonyl (C=O) groups excluding carboxylic acids is 2. The van der Waals surface area contributed by atoms with Crippen molar-refractivity contribution in [3.05, 3.63) is 58.6 Å². The first kappa shape index (κ1) is 19.0. The Bertz CT molecular complexity index is 854. The maximum atomic E-state index is 12.9. The van der Waals surface area contributed by atoms with E-state index < -0.39 is 12.0 Å². The molecule has 2 amide bonds. The fraction of sp³-hybridized carbons (Fsp3) is 0.300. The molecule has 3 rings (SSSR count). The van der Waals surface area contributed by atoms with Crippen LogP contribution in [0.4, 0.5) is 5.69 Å². The highest BCUT2D eigenvalue weighted by atomic mass is 35.5. The number of amides is 2. The minimum Gasteiger partial charge on any atom is -0.481 e. The summed E-state index contributed by atoms with van der Waals surface area (Å²) >= 11 is 6.01. The first-order chi connectivity index (χ1) is 12.9. The number of benzene rings is 2. The normalized spacial score (nSPS) is 17.0. The third-order valence-electron chi connectivity index (χ3n) is 4.39. The molecule has 0 aliphatic carbocycles. The largest absolute Gasteiger partial charge is 0.481 e. The molecule has 2 aromatic carbocycles. The average molecular weight is 388 g/mol. The third kappa shape index (κ3) is 4.17. The van der Waals surface area contributed by atoms with Crippen LogP contribution in [0.5, 0.6) is 5.75 Å². The Labute approximate surface area is 163 Å². The summed E-state index contributed by atoms with van der Waals surface area (Å²) in [4.78, 5) is 25.4. The van der Waals surface area contributed by atoms with Gasteiger partial charge < -0.3 is 10.1 Å². The quantitative estimate of drug-likeness (QED) is 0.819. The zero-order valence-electron chi connectivity index (χ0n) is 15.5. The van der Waals surface area contributed by atoms with E-state index in [-0.39, 0.29) is 12.1 Å². The van der Waals surface area contributed by atoms with Gasteiger partial charge in [-0.05, 0) is 50.6 Å². The predicted octanol–water partition coefficient (Wildman–Crippen LogP) is 3.75. The van der Waals surface area contributed by atoms with Gasteiger partial charge in [0.2, 0.25) is 0 Å². The zero-order valence-corrected chi connectivity index (χ0v) is 16.2. The minimum atomic E-state index is -0.765. The Morgan fingerprint density at radius 1 is 1.30 bits per heavy atom. The van der Waals surface area contributed by atoms with Crippen LogP contribution in [0, 0.1) is 6.92 Å². The number of anilines is 1. The summed E-state index contributed by atoms with van der Waals surface area (Å²) in [6, 6.07) is 12.5. The van der Waals surface area contributed by atoms with Gasteiger partial charge in [-0.15, -0.1) is 0 Å².